The molecule has 78 heavy (non-hydrogen) atoms. The van der Waals surface area contributed by atoms with Crippen LogP contribution < -0.4 is 0 Å². The van der Waals surface area contributed by atoms with E-state index < -0.39 is 6.10 Å². The smallest absolute Gasteiger partial charge is 0.306 e. The number of rotatable bonds is 62. The van der Waals surface area contributed by atoms with Gasteiger partial charge < -0.3 is 14.2 Å². The molecule has 0 bridgehead atoms. The summed E-state index contributed by atoms with van der Waals surface area (Å²) in [6.07, 6.45) is 86.3. The topological polar surface area (TPSA) is 78.9 Å². The highest BCUT2D eigenvalue weighted by molar-refractivity contribution is 5.71. The summed E-state index contributed by atoms with van der Waals surface area (Å²) < 4.78 is 17.0. The van der Waals surface area contributed by atoms with Crippen molar-refractivity contribution in [2.75, 3.05) is 13.2 Å². The first-order valence-corrected chi connectivity index (χ1v) is 33.9. The SMILES string of the molecule is CCCC/C=C\C/C=C\CCCCCCCC(=O)OCC(COC(=O)CCCCCCCCCCCCCCC/C=C\C/C=C\CCCCCCC)OC(=O)CCCCCCCCCCC/C=C\C/C=C\CCCCCCC. The van der Waals surface area contributed by atoms with Crippen molar-refractivity contribution in [2.45, 2.75) is 354 Å². The maximum atomic E-state index is 12.9. The van der Waals surface area contributed by atoms with Gasteiger partial charge in [0, 0.05) is 19.3 Å². The lowest BCUT2D eigenvalue weighted by Crippen LogP contribution is -2.30. The second kappa shape index (κ2) is 66.4. The fourth-order valence-corrected chi connectivity index (χ4v) is 9.76. The average molecular weight is 1090 g/mol. The molecule has 452 valence electrons. The maximum absolute atomic E-state index is 12.9. The van der Waals surface area contributed by atoms with Gasteiger partial charge in [-0.25, -0.2) is 0 Å². The zero-order valence-electron chi connectivity index (χ0n) is 51.9. The van der Waals surface area contributed by atoms with E-state index in [1.165, 1.54) is 218 Å². The highest BCUT2D eigenvalue weighted by atomic mass is 16.6. The summed E-state index contributed by atoms with van der Waals surface area (Å²) in [6.45, 7) is 6.61. The Bertz CT molecular complexity index is 1440. The van der Waals surface area contributed by atoms with Gasteiger partial charge in [0.2, 0.25) is 0 Å². The summed E-state index contributed by atoms with van der Waals surface area (Å²) in [5.41, 5.74) is 0. The molecule has 0 rings (SSSR count). The maximum Gasteiger partial charge on any atom is 0.306 e. The van der Waals surface area contributed by atoms with Gasteiger partial charge in [-0.05, 0) is 109 Å². The Morgan fingerprint density at radius 3 is 0.744 bits per heavy atom. The van der Waals surface area contributed by atoms with Crippen LogP contribution in [0.5, 0.6) is 0 Å². The number of allylic oxidation sites excluding steroid dienone is 12. The van der Waals surface area contributed by atoms with E-state index in [0.29, 0.717) is 19.3 Å². The largest absolute Gasteiger partial charge is 0.462 e. The minimum atomic E-state index is -0.785. The van der Waals surface area contributed by atoms with Gasteiger partial charge in [-0.3, -0.25) is 14.4 Å². The molecule has 0 aliphatic carbocycles. The molecule has 0 heterocycles. The van der Waals surface area contributed by atoms with Crippen LogP contribution in [0.15, 0.2) is 72.9 Å². The predicted octanol–water partition coefficient (Wildman–Crippen LogP) is 23.3. The van der Waals surface area contributed by atoms with Crippen molar-refractivity contribution in [3.63, 3.8) is 0 Å². The van der Waals surface area contributed by atoms with Crippen LogP contribution in [0.2, 0.25) is 0 Å². The van der Waals surface area contributed by atoms with E-state index in [4.69, 9.17) is 14.2 Å². The molecule has 0 aromatic carbocycles. The Kier molecular flexibility index (Phi) is 63.7. The minimum Gasteiger partial charge on any atom is -0.462 e. The molecule has 1 unspecified atom stereocenters. The summed E-state index contributed by atoms with van der Waals surface area (Å²) in [5, 5.41) is 0. The lowest BCUT2D eigenvalue weighted by atomic mass is 10.0. The molecule has 6 heteroatoms. The van der Waals surface area contributed by atoms with Crippen molar-refractivity contribution in [2.24, 2.45) is 0 Å². The fraction of sp³-hybridized carbons (Fsp3) is 0.792. The molecule has 0 amide bonds. The van der Waals surface area contributed by atoms with Crippen LogP contribution in [-0.2, 0) is 28.6 Å². The Morgan fingerprint density at radius 2 is 0.474 bits per heavy atom. The second-order valence-corrected chi connectivity index (χ2v) is 22.7. The molecule has 0 aromatic heterocycles. The molecule has 0 aromatic rings. The van der Waals surface area contributed by atoms with Crippen LogP contribution in [0.3, 0.4) is 0 Å². The Hall–Kier alpha value is -3.15. The molecule has 0 aliphatic heterocycles. The third-order valence-corrected chi connectivity index (χ3v) is 14.9. The number of esters is 3. The van der Waals surface area contributed by atoms with Crippen LogP contribution in [0.1, 0.15) is 348 Å². The number of hydrogen-bond donors (Lipinski definition) is 0. The third-order valence-electron chi connectivity index (χ3n) is 14.9. The molecule has 0 spiro atoms. The predicted molar refractivity (Wildman–Crippen MR) is 339 cm³/mol. The first kappa shape index (κ1) is 74.8. The number of unbranched alkanes of at least 4 members (excludes halogenated alkanes) is 39. The number of carbonyl (C=O) groups is 3. The molecule has 0 saturated carbocycles. The summed E-state index contributed by atoms with van der Waals surface area (Å²) in [5.74, 6) is -0.883. The van der Waals surface area contributed by atoms with Crippen LogP contribution in [0.25, 0.3) is 0 Å². The van der Waals surface area contributed by atoms with Crippen LogP contribution in [-0.4, -0.2) is 37.2 Å². The van der Waals surface area contributed by atoms with E-state index in [1.807, 2.05) is 0 Å². The fourth-order valence-electron chi connectivity index (χ4n) is 9.76. The van der Waals surface area contributed by atoms with Crippen LogP contribution in [0, 0.1) is 0 Å². The van der Waals surface area contributed by atoms with E-state index in [-0.39, 0.29) is 31.1 Å². The Morgan fingerprint density at radius 1 is 0.256 bits per heavy atom. The summed E-state index contributed by atoms with van der Waals surface area (Å²) >= 11 is 0. The zero-order chi connectivity index (χ0) is 56.4. The van der Waals surface area contributed by atoms with Gasteiger partial charge in [0.25, 0.3) is 0 Å². The van der Waals surface area contributed by atoms with Gasteiger partial charge in [-0.15, -0.1) is 0 Å². The van der Waals surface area contributed by atoms with E-state index in [1.54, 1.807) is 0 Å². The average Bonchev–Trinajstić information content (AvgIpc) is 3.44. The standard InChI is InChI=1S/C72H128O6/c1-4-7-10-13-16-19-22-25-28-30-32-34-35-36-37-39-40-42-44-47-50-53-56-59-62-65-71(74)77-68-69(67-76-70(73)64-61-58-55-52-49-46-27-24-21-18-15-12-9-6-3)78-72(75)66-63-60-57-54-51-48-45-43-41-38-33-31-29-26-23-20-17-14-11-8-5-2/h15,18,22-27,30-33,69H,4-14,16-17,19-21,28-29,34-68H2,1-3H3/b18-15-,25-22-,26-23-,27-24-,32-30-,33-31-. The van der Waals surface area contributed by atoms with Gasteiger partial charge >= 0.3 is 17.9 Å². The lowest BCUT2D eigenvalue weighted by Gasteiger charge is -2.18. The number of carbonyl (C=O) groups excluding carboxylic acids is 3. The molecule has 0 fully saturated rings. The van der Waals surface area contributed by atoms with E-state index in [0.717, 1.165) is 89.9 Å². The Labute approximate surface area is 484 Å². The third kappa shape index (κ3) is 63.7. The summed E-state index contributed by atoms with van der Waals surface area (Å²) in [4.78, 5) is 38.4. The molecule has 1 atom stereocenters. The van der Waals surface area contributed by atoms with Gasteiger partial charge in [0.1, 0.15) is 13.2 Å². The van der Waals surface area contributed by atoms with E-state index in [2.05, 4.69) is 93.7 Å². The molecular formula is C72H128O6. The van der Waals surface area contributed by atoms with Gasteiger partial charge in [0.15, 0.2) is 6.10 Å². The van der Waals surface area contributed by atoms with Gasteiger partial charge in [-0.1, -0.05) is 293 Å². The highest BCUT2D eigenvalue weighted by Crippen LogP contribution is 2.17. The lowest BCUT2D eigenvalue weighted by molar-refractivity contribution is -0.167. The van der Waals surface area contributed by atoms with Crippen molar-refractivity contribution in [1.29, 1.82) is 0 Å². The van der Waals surface area contributed by atoms with Gasteiger partial charge in [0.05, 0.1) is 0 Å². The first-order chi connectivity index (χ1) is 38.5. The molecule has 6 nitrogen and oxygen atoms in total. The van der Waals surface area contributed by atoms with Crippen molar-refractivity contribution in [1.82, 2.24) is 0 Å². The minimum absolute atomic E-state index is 0.0802. The molecular weight excluding hydrogens is 961 g/mol. The van der Waals surface area contributed by atoms with Crippen molar-refractivity contribution in [3.8, 4) is 0 Å². The van der Waals surface area contributed by atoms with Crippen molar-refractivity contribution in [3.05, 3.63) is 72.9 Å². The molecule has 0 N–H and O–H groups in total. The van der Waals surface area contributed by atoms with E-state index >= 15 is 0 Å². The molecule has 0 radical (unpaired) electrons. The van der Waals surface area contributed by atoms with Crippen molar-refractivity contribution >= 4 is 17.9 Å². The van der Waals surface area contributed by atoms with Crippen LogP contribution in [0.4, 0.5) is 0 Å². The molecule has 0 aliphatic rings. The first-order valence-electron chi connectivity index (χ1n) is 33.9. The van der Waals surface area contributed by atoms with E-state index in [9.17, 15) is 14.4 Å². The zero-order valence-corrected chi connectivity index (χ0v) is 51.9. The highest BCUT2D eigenvalue weighted by Gasteiger charge is 2.19. The quantitative estimate of drug-likeness (QED) is 0.0261. The number of hydrogen-bond acceptors (Lipinski definition) is 6. The van der Waals surface area contributed by atoms with Crippen molar-refractivity contribution < 1.29 is 28.6 Å². The summed E-state index contributed by atoms with van der Waals surface area (Å²) in [6, 6.07) is 0. The molecule has 0 saturated heterocycles. The number of ether oxygens (including phenoxy) is 3. The second-order valence-electron chi connectivity index (χ2n) is 22.7. The normalized spacial score (nSPS) is 12.5. The van der Waals surface area contributed by atoms with Crippen LogP contribution >= 0.6 is 0 Å². The Balaban J connectivity index is 4.31. The van der Waals surface area contributed by atoms with Gasteiger partial charge in [-0.2, -0.15) is 0 Å². The monoisotopic (exact) mass is 1090 g/mol. The summed E-state index contributed by atoms with van der Waals surface area (Å²) in [7, 11) is 0.